The molecule has 0 heterocycles. The summed E-state index contributed by atoms with van der Waals surface area (Å²) in [7, 11) is 0. The average Bonchev–Trinajstić information content (AvgIpc) is 3.41. The SMILES string of the molecule is CC/C=C\C/C=C\C/C=C\C/C=C\C/C=C\C/C=C\CCCCCCCCCCCCC(=O)OC(CO)COC(=O)CCCCCCCCCCCCCCCCCCCCCCCCCCCCCCCCCC. The van der Waals surface area contributed by atoms with E-state index in [0.29, 0.717) is 12.8 Å². The summed E-state index contributed by atoms with van der Waals surface area (Å²) >= 11 is 0. The van der Waals surface area contributed by atoms with Gasteiger partial charge in [-0.2, -0.15) is 0 Å². The van der Waals surface area contributed by atoms with Gasteiger partial charge in [0.15, 0.2) is 6.10 Å². The number of rotatable bonds is 61. The number of allylic oxidation sites excluding steroid dienone is 12. The summed E-state index contributed by atoms with van der Waals surface area (Å²) in [5, 5.41) is 9.69. The summed E-state index contributed by atoms with van der Waals surface area (Å²) in [6, 6.07) is 0. The van der Waals surface area contributed by atoms with Crippen LogP contribution in [0.15, 0.2) is 72.9 Å². The number of carbonyl (C=O) groups excluding carboxylic acids is 2. The lowest BCUT2D eigenvalue weighted by molar-refractivity contribution is -0.161. The van der Waals surface area contributed by atoms with E-state index in [0.717, 1.165) is 77.0 Å². The molecular weight excluding hydrogens is 921 g/mol. The van der Waals surface area contributed by atoms with Crippen LogP contribution in [-0.4, -0.2) is 36.4 Å². The molecule has 0 saturated heterocycles. The molecule has 0 fully saturated rings. The van der Waals surface area contributed by atoms with Crippen LogP contribution in [0.3, 0.4) is 0 Å². The topological polar surface area (TPSA) is 72.8 Å². The molecule has 0 spiro atoms. The van der Waals surface area contributed by atoms with Crippen molar-refractivity contribution in [3.05, 3.63) is 72.9 Å². The summed E-state index contributed by atoms with van der Waals surface area (Å²) in [6.07, 6.45) is 90.6. The van der Waals surface area contributed by atoms with Gasteiger partial charge in [0.05, 0.1) is 6.61 Å². The summed E-state index contributed by atoms with van der Waals surface area (Å²) < 4.78 is 10.7. The van der Waals surface area contributed by atoms with Crippen molar-refractivity contribution in [2.45, 2.75) is 347 Å². The van der Waals surface area contributed by atoms with Crippen molar-refractivity contribution in [2.24, 2.45) is 0 Å². The number of hydrogen-bond acceptors (Lipinski definition) is 5. The Bertz CT molecular complexity index is 1320. The summed E-state index contributed by atoms with van der Waals surface area (Å²) in [4.78, 5) is 24.6. The van der Waals surface area contributed by atoms with Gasteiger partial charge in [-0.25, -0.2) is 0 Å². The van der Waals surface area contributed by atoms with E-state index >= 15 is 0 Å². The molecule has 5 heteroatoms. The molecule has 0 aromatic rings. The number of aliphatic hydroxyl groups is 1. The molecule has 436 valence electrons. The van der Waals surface area contributed by atoms with Crippen LogP contribution in [0.1, 0.15) is 341 Å². The molecule has 0 aliphatic rings. The monoisotopic (exact) mass is 1050 g/mol. The Morgan fingerprint density at radius 2 is 0.573 bits per heavy atom. The van der Waals surface area contributed by atoms with Gasteiger partial charge < -0.3 is 14.6 Å². The van der Waals surface area contributed by atoms with Gasteiger partial charge in [-0.3, -0.25) is 9.59 Å². The van der Waals surface area contributed by atoms with E-state index in [-0.39, 0.29) is 25.2 Å². The molecule has 1 atom stereocenters. The summed E-state index contributed by atoms with van der Waals surface area (Å²) in [6.45, 7) is 4.07. The smallest absolute Gasteiger partial charge is 0.306 e. The first-order valence-electron chi connectivity index (χ1n) is 33.0. The highest BCUT2D eigenvalue weighted by molar-refractivity contribution is 5.70. The van der Waals surface area contributed by atoms with Crippen LogP contribution in [0.25, 0.3) is 0 Å². The van der Waals surface area contributed by atoms with Gasteiger partial charge in [0.25, 0.3) is 0 Å². The van der Waals surface area contributed by atoms with E-state index in [1.165, 1.54) is 238 Å². The van der Waals surface area contributed by atoms with Gasteiger partial charge in [-0.1, -0.05) is 337 Å². The maximum absolute atomic E-state index is 12.3. The number of unbranched alkanes of at least 4 members (excludes halogenated alkanes) is 41. The van der Waals surface area contributed by atoms with Gasteiger partial charge >= 0.3 is 11.9 Å². The van der Waals surface area contributed by atoms with Crippen molar-refractivity contribution >= 4 is 11.9 Å². The highest BCUT2D eigenvalue weighted by atomic mass is 16.6. The quantitative estimate of drug-likeness (QED) is 0.0373. The Labute approximate surface area is 467 Å². The number of ether oxygens (including phenoxy) is 2. The molecule has 0 aromatic heterocycles. The van der Waals surface area contributed by atoms with Crippen LogP contribution in [0, 0.1) is 0 Å². The van der Waals surface area contributed by atoms with Gasteiger partial charge in [0.1, 0.15) is 6.61 Å². The lowest BCUT2D eigenvalue weighted by atomic mass is 10.0. The van der Waals surface area contributed by atoms with E-state index in [2.05, 4.69) is 86.8 Å². The third-order valence-electron chi connectivity index (χ3n) is 14.8. The number of hydrogen-bond donors (Lipinski definition) is 1. The van der Waals surface area contributed by atoms with Crippen LogP contribution >= 0.6 is 0 Å². The second-order valence-corrected chi connectivity index (χ2v) is 22.2. The molecule has 0 aliphatic heterocycles. The third-order valence-corrected chi connectivity index (χ3v) is 14.8. The van der Waals surface area contributed by atoms with Crippen molar-refractivity contribution in [2.75, 3.05) is 13.2 Å². The van der Waals surface area contributed by atoms with Crippen molar-refractivity contribution in [3.8, 4) is 0 Å². The average molecular weight is 1050 g/mol. The van der Waals surface area contributed by atoms with Crippen LogP contribution in [-0.2, 0) is 19.1 Å². The zero-order valence-corrected chi connectivity index (χ0v) is 50.1. The Morgan fingerprint density at radius 1 is 0.320 bits per heavy atom. The Morgan fingerprint density at radius 3 is 0.867 bits per heavy atom. The largest absolute Gasteiger partial charge is 0.462 e. The van der Waals surface area contributed by atoms with Crippen molar-refractivity contribution in [1.29, 1.82) is 0 Å². The summed E-state index contributed by atoms with van der Waals surface area (Å²) in [5.41, 5.74) is 0. The molecule has 0 amide bonds. The maximum atomic E-state index is 12.3. The highest BCUT2D eigenvalue weighted by Gasteiger charge is 2.16. The third kappa shape index (κ3) is 63.8. The van der Waals surface area contributed by atoms with Gasteiger partial charge in [0, 0.05) is 12.8 Å². The van der Waals surface area contributed by atoms with Crippen molar-refractivity contribution < 1.29 is 24.2 Å². The van der Waals surface area contributed by atoms with Crippen LogP contribution < -0.4 is 0 Å². The molecule has 0 aliphatic carbocycles. The zero-order valence-electron chi connectivity index (χ0n) is 50.1. The minimum absolute atomic E-state index is 0.0663. The molecule has 1 unspecified atom stereocenters. The Hall–Kier alpha value is -2.66. The van der Waals surface area contributed by atoms with E-state index in [1.807, 2.05) is 0 Å². The first-order chi connectivity index (χ1) is 37.1. The fourth-order valence-corrected chi connectivity index (χ4v) is 9.86. The summed E-state index contributed by atoms with van der Waals surface area (Å²) in [5.74, 6) is -0.582. The molecule has 0 aromatic carbocycles. The molecule has 0 radical (unpaired) electrons. The van der Waals surface area contributed by atoms with Crippen LogP contribution in [0.4, 0.5) is 0 Å². The number of carbonyl (C=O) groups is 2. The Kier molecular flexibility index (Phi) is 63.3. The van der Waals surface area contributed by atoms with E-state index in [9.17, 15) is 14.7 Å². The molecule has 0 bridgehead atoms. The van der Waals surface area contributed by atoms with Crippen molar-refractivity contribution in [1.82, 2.24) is 0 Å². The molecule has 75 heavy (non-hydrogen) atoms. The van der Waals surface area contributed by atoms with Crippen LogP contribution in [0.2, 0.25) is 0 Å². The maximum Gasteiger partial charge on any atom is 0.306 e. The normalized spacial score (nSPS) is 12.6. The standard InChI is InChI=1S/C70H126O5/c1-3-5-7-9-11-13-15-17-19-21-23-25-27-29-31-33-34-35-37-38-40-42-44-46-48-50-52-54-56-58-60-62-64-69(72)74-67-68(66-71)75-70(73)65-63-61-59-57-55-53-51-49-47-45-43-41-39-36-32-30-28-26-24-22-20-18-16-14-12-10-8-6-4-2/h6,8,12,14,18,20,24,26,30,32,39,41,68,71H,3-5,7,9-11,13,15-17,19,21-23,25,27-29,31,33-38,40,42-67H2,1-2H3/b8-6-,14-12-,20-18-,26-24-,32-30-,41-39-. The Balaban J connectivity index is 3.44. The fraction of sp³-hybridized carbons (Fsp3) is 0.800. The fourth-order valence-electron chi connectivity index (χ4n) is 9.86. The number of esters is 2. The second kappa shape index (κ2) is 65.6. The molecule has 1 N–H and O–H groups in total. The van der Waals surface area contributed by atoms with E-state index in [1.54, 1.807) is 0 Å². The first kappa shape index (κ1) is 72.3. The predicted molar refractivity (Wildman–Crippen MR) is 330 cm³/mol. The minimum atomic E-state index is -0.778. The zero-order chi connectivity index (χ0) is 54.1. The predicted octanol–water partition coefficient (Wildman–Crippen LogP) is 22.7. The van der Waals surface area contributed by atoms with Gasteiger partial charge in [0.2, 0.25) is 0 Å². The highest BCUT2D eigenvalue weighted by Crippen LogP contribution is 2.18. The van der Waals surface area contributed by atoms with Crippen LogP contribution in [0.5, 0.6) is 0 Å². The first-order valence-corrected chi connectivity index (χ1v) is 33.0. The van der Waals surface area contributed by atoms with Gasteiger partial charge in [-0.05, 0) is 64.2 Å². The van der Waals surface area contributed by atoms with Gasteiger partial charge in [-0.15, -0.1) is 0 Å². The van der Waals surface area contributed by atoms with E-state index < -0.39 is 6.10 Å². The minimum Gasteiger partial charge on any atom is -0.462 e. The lowest BCUT2D eigenvalue weighted by Crippen LogP contribution is -2.28. The molecular formula is C70H126O5. The molecule has 0 saturated carbocycles. The second-order valence-electron chi connectivity index (χ2n) is 22.2. The number of aliphatic hydroxyl groups excluding tert-OH is 1. The van der Waals surface area contributed by atoms with E-state index in [4.69, 9.17) is 9.47 Å². The molecule has 5 nitrogen and oxygen atoms in total. The molecule has 0 rings (SSSR count). The lowest BCUT2D eigenvalue weighted by Gasteiger charge is -2.15. The van der Waals surface area contributed by atoms with Crippen molar-refractivity contribution in [3.63, 3.8) is 0 Å².